The average Bonchev–Trinajstić information content (AvgIpc) is 2.71. The molecule has 3 saturated carbocycles. The molecule has 0 radical (unpaired) electrons. The molecule has 0 spiro atoms. The number of aryl methyl sites for hydroxylation is 1. The lowest BCUT2D eigenvalue weighted by Gasteiger charge is -2.51. The summed E-state index contributed by atoms with van der Waals surface area (Å²) in [6.45, 7) is 2.33. The fraction of sp³-hybridized carbons (Fsp3) is 0.769. The first-order valence-electron chi connectivity index (χ1n) is 12.1. The second kappa shape index (κ2) is 9.02. The Labute approximate surface area is 174 Å². The van der Waals surface area contributed by atoms with Gasteiger partial charge >= 0.3 is 6.18 Å². The van der Waals surface area contributed by atoms with E-state index in [2.05, 4.69) is 6.92 Å². The van der Waals surface area contributed by atoms with Crippen molar-refractivity contribution in [1.29, 1.82) is 0 Å². The fourth-order valence-electron chi connectivity index (χ4n) is 7.15. The molecule has 6 atom stereocenters. The predicted octanol–water partition coefficient (Wildman–Crippen LogP) is 8.30. The minimum absolute atomic E-state index is 0.535. The van der Waals surface area contributed by atoms with Crippen molar-refractivity contribution < 1.29 is 13.2 Å². The summed E-state index contributed by atoms with van der Waals surface area (Å²) < 4.78 is 38.2. The van der Waals surface area contributed by atoms with Crippen molar-refractivity contribution in [3.63, 3.8) is 0 Å². The molecule has 0 N–H and O–H groups in total. The minimum atomic E-state index is -4.23. The standard InChI is InChI=1S/C26H37F3/c1-2-3-19-8-14-24-21(16-19)10-11-22-17-20(9-15-25(22)24)5-4-18-6-12-23(13-7-18)26(27,28)29/h6-7,12-13,19-22,24-25H,2-5,8-11,14-17H2,1H3. The number of alkyl halides is 3. The van der Waals surface area contributed by atoms with Crippen molar-refractivity contribution in [2.75, 3.05) is 0 Å². The van der Waals surface area contributed by atoms with Crippen molar-refractivity contribution in [3.05, 3.63) is 35.4 Å². The van der Waals surface area contributed by atoms with Crippen molar-refractivity contribution in [3.8, 4) is 0 Å². The maximum atomic E-state index is 12.7. The van der Waals surface area contributed by atoms with E-state index >= 15 is 0 Å². The smallest absolute Gasteiger partial charge is 0.166 e. The van der Waals surface area contributed by atoms with E-state index in [0.29, 0.717) is 0 Å². The van der Waals surface area contributed by atoms with Gasteiger partial charge in [0.05, 0.1) is 5.56 Å². The van der Waals surface area contributed by atoms with Crippen LogP contribution in [0.5, 0.6) is 0 Å². The van der Waals surface area contributed by atoms with Crippen LogP contribution >= 0.6 is 0 Å². The Bertz CT molecular complexity index is 647. The molecule has 1 aromatic rings. The summed E-state index contributed by atoms with van der Waals surface area (Å²) in [5, 5.41) is 0. The molecule has 3 fully saturated rings. The van der Waals surface area contributed by atoms with Gasteiger partial charge in [-0.1, -0.05) is 44.7 Å². The van der Waals surface area contributed by atoms with E-state index < -0.39 is 11.7 Å². The van der Waals surface area contributed by atoms with E-state index in [1.54, 1.807) is 12.1 Å². The van der Waals surface area contributed by atoms with Crippen molar-refractivity contribution in [1.82, 2.24) is 0 Å². The van der Waals surface area contributed by atoms with Gasteiger partial charge in [0.1, 0.15) is 0 Å². The number of rotatable bonds is 5. The van der Waals surface area contributed by atoms with E-state index in [1.807, 2.05) is 0 Å². The van der Waals surface area contributed by atoms with Gasteiger partial charge < -0.3 is 0 Å². The summed E-state index contributed by atoms with van der Waals surface area (Å²) in [7, 11) is 0. The second-order valence-electron chi connectivity index (χ2n) is 10.3. The van der Waals surface area contributed by atoms with Gasteiger partial charge in [-0.25, -0.2) is 0 Å². The zero-order valence-electron chi connectivity index (χ0n) is 17.9. The zero-order chi connectivity index (χ0) is 20.4. The van der Waals surface area contributed by atoms with E-state index in [1.165, 1.54) is 76.3 Å². The third-order valence-corrected chi connectivity index (χ3v) is 8.58. The summed E-state index contributed by atoms with van der Waals surface area (Å²) in [6, 6.07) is 5.83. The highest BCUT2D eigenvalue weighted by atomic mass is 19.4. The van der Waals surface area contributed by atoms with Crippen molar-refractivity contribution in [2.45, 2.75) is 90.1 Å². The van der Waals surface area contributed by atoms with Crippen LogP contribution in [0.25, 0.3) is 0 Å². The Balaban J connectivity index is 1.27. The van der Waals surface area contributed by atoms with Crippen LogP contribution in [0.2, 0.25) is 0 Å². The van der Waals surface area contributed by atoms with Crippen LogP contribution in [0.4, 0.5) is 13.2 Å². The highest BCUT2D eigenvalue weighted by Gasteiger charge is 2.44. The Morgan fingerprint density at radius 1 is 0.759 bits per heavy atom. The molecule has 162 valence electrons. The number of benzene rings is 1. The SMILES string of the molecule is CCCC1CCC2C(CCC3CC(CCc4ccc(C(F)(F)F)cc4)CCC32)C1. The quantitative estimate of drug-likeness (QED) is 0.461. The van der Waals surface area contributed by atoms with Crippen LogP contribution in [-0.4, -0.2) is 0 Å². The van der Waals surface area contributed by atoms with Crippen molar-refractivity contribution >= 4 is 0 Å². The maximum Gasteiger partial charge on any atom is 0.416 e. The molecule has 0 heterocycles. The first-order chi connectivity index (χ1) is 13.9. The van der Waals surface area contributed by atoms with Gasteiger partial charge in [0.2, 0.25) is 0 Å². The molecule has 29 heavy (non-hydrogen) atoms. The van der Waals surface area contributed by atoms with Crippen LogP contribution < -0.4 is 0 Å². The number of halogens is 3. The second-order valence-corrected chi connectivity index (χ2v) is 10.3. The van der Waals surface area contributed by atoms with E-state index in [4.69, 9.17) is 0 Å². The fourth-order valence-corrected chi connectivity index (χ4v) is 7.15. The van der Waals surface area contributed by atoms with Gasteiger partial charge in [-0.3, -0.25) is 0 Å². The van der Waals surface area contributed by atoms with Gasteiger partial charge in [0.25, 0.3) is 0 Å². The van der Waals surface area contributed by atoms with Crippen LogP contribution in [0.3, 0.4) is 0 Å². The van der Waals surface area contributed by atoms with Crippen LogP contribution in [-0.2, 0) is 12.6 Å². The predicted molar refractivity (Wildman–Crippen MR) is 113 cm³/mol. The topological polar surface area (TPSA) is 0 Å². The largest absolute Gasteiger partial charge is 0.416 e. The first kappa shape index (κ1) is 21.2. The summed E-state index contributed by atoms with van der Waals surface area (Å²) in [6.07, 6.45) is 12.1. The number of hydrogen-bond acceptors (Lipinski definition) is 0. The van der Waals surface area contributed by atoms with Gasteiger partial charge in [-0.15, -0.1) is 0 Å². The number of fused-ring (bicyclic) bond motifs is 3. The minimum Gasteiger partial charge on any atom is -0.166 e. The first-order valence-corrected chi connectivity index (χ1v) is 12.1. The molecule has 0 aliphatic heterocycles. The molecular formula is C26H37F3. The van der Waals surface area contributed by atoms with Crippen molar-refractivity contribution in [2.24, 2.45) is 35.5 Å². The Morgan fingerprint density at radius 2 is 1.31 bits per heavy atom. The lowest BCUT2D eigenvalue weighted by Crippen LogP contribution is -2.41. The molecule has 0 aromatic heterocycles. The maximum absolute atomic E-state index is 12.7. The Morgan fingerprint density at radius 3 is 1.83 bits per heavy atom. The normalized spacial score (nSPS) is 35.0. The zero-order valence-corrected chi connectivity index (χ0v) is 17.9. The Hall–Kier alpha value is -0.990. The molecule has 0 bridgehead atoms. The van der Waals surface area contributed by atoms with Gasteiger partial charge in [0.15, 0.2) is 0 Å². The third-order valence-electron chi connectivity index (χ3n) is 8.58. The average molecular weight is 407 g/mol. The van der Waals surface area contributed by atoms with Gasteiger partial charge in [-0.05, 0) is 105 Å². The Kier molecular flexibility index (Phi) is 6.61. The highest BCUT2D eigenvalue weighted by molar-refractivity contribution is 5.24. The summed E-state index contributed by atoms with van der Waals surface area (Å²) in [5.41, 5.74) is 0.519. The van der Waals surface area contributed by atoms with Gasteiger partial charge in [0, 0.05) is 0 Å². The molecule has 3 aliphatic rings. The van der Waals surface area contributed by atoms with Crippen LogP contribution in [0, 0.1) is 35.5 Å². The molecule has 4 rings (SSSR count). The van der Waals surface area contributed by atoms with E-state index in [9.17, 15) is 13.2 Å². The molecule has 1 aromatic carbocycles. The lowest BCUT2D eigenvalue weighted by atomic mass is 9.55. The number of hydrogen-bond donors (Lipinski definition) is 0. The lowest BCUT2D eigenvalue weighted by molar-refractivity contribution is -0.137. The van der Waals surface area contributed by atoms with E-state index in [-0.39, 0.29) is 0 Å². The highest BCUT2D eigenvalue weighted by Crippen LogP contribution is 2.54. The third kappa shape index (κ3) is 5.02. The molecular weight excluding hydrogens is 369 g/mol. The van der Waals surface area contributed by atoms with E-state index in [0.717, 1.165) is 53.9 Å². The molecule has 0 nitrogen and oxygen atoms in total. The van der Waals surface area contributed by atoms with Crippen LogP contribution in [0.1, 0.15) is 88.7 Å². The monoisotopic (exact) mass is 406 g/mol. The molecule has 3 aliphatic carbocycles. The van der Waals surface area contributed by atoms with Gasteiger partial charge in [-0.2, -0.15) is 13.2 Å². The molecule has 0 saturated heterocycles. The molecule has 3 heteroatoms. The summed E-state index contributed by atoms with van der Waals surface area (Å²) in [5.74, 6) is 5.66. The summed E-state index contributed by atoms with van der Waals surface area (Å²) in [4.78, 5) is 0. The molecule has 0 amide bonds. The molecule has 6 unspecified atom stereocenters. The summed E-state index contributed by atoms with van der Waals surface area (Å²) >= 11 is 0. The van der Waals surface area contributed by atoms with Crippen LogP contribution in [0.15, 0.2) is 24.3 Å².